The topological polar surface area (TPSA) is 89.9 Å². The standard InChI is InChI=1S/C21H22N2O4/c24-10-7-13-12-22-9-8-20-14-3-1-2-4-16(14)23-18(26)6-5-15(19(20)23)21(13,27)11-17(20)25/h1-5,7,19,22,24,27H,6,8-12H2/b13-7-/t19-,20+,21+/m0/s1. The van der Waals surface area contributed by atoms with Crippen molar-refractivity contribution >= 4 is 17.4 Å². The van der Waals surface area contributed by atoms with Gasteiger partial charge < -0.3 is 20.4 Å². The molecule has 5 rings (SSSR count). The Morgan fingerprint density at radius 3 is 2.93 bits per heavy atom. The molecule has 3 aliphatic heterocycles. The summed E-state index contributed by atoms with van der Waals surface area (Å²) in [6.07, 6.45) is 4.14. The van der Waals surface area contributed by atoms with Gasteiger partial charge in [-0.2, -0.15) is 0 Å². The lowest BCUT2D eigenvalue weighted by atomic mass is 9.57. The minimum Gasteiger partial charge on any atom is -0.392 e. The SMILES string of the molecule is O=C1CC=C2[C@@H]3N1c1ccccc1[C@@]31CCNC/C(=C/CO)[C@]2(O)CC1=O. The third-order valence-electron chi connectivity index (χ3n) is 6.70. The fourth-order valence-electron chi connectivity index (χ4n) is 5.56. The number of Topliss-reactive ketones (excluding diaryl/α,β-unsaturated/α-hetero) is 1. The lowest BCUT2D eigenvalue weighted by molar-refractivity contribution is -0.131. The van der Waals surface area contributed by atoms with Crippen LogP contribution >= 0.6 is 0 Å². The van der Waals surface area contributed by atoms with Gasteiger partial charge in [-0.3, -0.25) is 9.59 Å². The molecule has 3 atom stereocenters. The first kappa shape index (κ1) is 16.9. The summed E-state index contributed by atoms with van der Waals surface area (Å²) in [6, 6.07) is 7.14. The second-order valence-electron chi connectivity index (χ2n) is 7.82. The van der Waals surface area contributed by atoms with E-state index in [1.165, 1.54) is 0 Å². The van der Waals surface area contributed by atoms with E-state index >= 15 is 0 Å². The Morgan fingerprint density at radius 2 is 2.11 bits per heavy atom. The number of carbonyl (C=O) groups is 2. The summed E-state index contributed by atoms with van der Waals surface area (Å²) in [7, 11) is 0. The molecule has 1 spiro atoms. The highest BCUT2D eigenvalue weighted by atomic mass is 16.3. The molecule has 0 radical (unpaired) electrons. The van der Waals surface area contributed by atoms with Crippen molar-refractivity contribution in [3.05, 3.63) is 53.1 Å². The first-order valence-corrected chi connectivity index (χ1v) is 9.43. The molecule has 6 nitrogen and oxygen atoms in total. The van der Waals surface area contributed by atoms with Crippen LogP contribution < -0.4 is 10.2 Å². The van der Waals surface area contributed by atoms with Gasteiger partial charge in [0.15, 0.2) is 0 Å². The third kappa shape index (κ3) is 1.95. The number of hydrogen-bond donors (Lipinski definition) is 3. The van der Waals surface area contributed by atoms with Gasteiger partial charge >= 0.3 is 0 Å². The fraction of sp³-hybridized carbons (Fsp3) is 0.429. The zero-order valence-corrected chi connectivity index (χ0v) is 14.9. The molecule has 3 heterocycles. The third-order valence-corrected chi connectivity index (χ3v) is 6.70. The molecule has 0 aromatic heterocycles. The molecule has 4 aliphatic rings. The minimum atomic E-state index is -1.47. The van der Waals surface area contributed by atoms with E-state index in [1.807, 2.05) is 30.3 Å². The van der Waals surface area contributed by atoms with Crippen molar-refractivity contribution in [2.75, 3.05) is 24.6 Å². The summed E-state index contributed by atoms with van der Waals surface area (Å²) in [4.78, 5) is 28.2. The van der Waals surface area contributed by atoms with Crippen molar-refractivity contribution in [2.24, 2.45) is 0 Å². The van der Waals surface area contributed by atoms with E-state index in [9.17, 15) is 19.8 Å². The quantitative estimate of drug-likeness (QED) is 0.633. The number of aliphatic hydroxyl groups is 2. The Hall–Kier alpha value is -2.28. The molecule has 0 unspecified atom stereocenters. The van der Waals surface area contributed by atoms with Gasteiger partial charge in [-0.1, -0.05) is 30.4 Å². The van der Waals surface area contributed by atoms with Crippen molar-refractivity contribution < 1.29 is 19.8 Å². The second kappa shape index (κ2) is 5.61. The molecule has 2 fully saturated rings. The van der Waals surface area contributed by atoms with Crippen molar-refractivity contribution in [1.82, 2.24) is 5.32 Å². The van der Waals surface area contributed by atoms with Crippen LogP contribution in [0.25, 0.3) is 0 Å². The number of fused-ring (bicyclic) bond motifs is 5. The van der Waals surface area contributed by atoms with E-state index in [0.29, 0.717) is 25.1 Å². The molecule has 1 amide bonds. The molecule has 1 saturated heterocycles. The number of hydrogen-bond acceptors (Lipinski definition) is 5. The number of anilines is 1. The predicted octanol–water partition coefficient (Wildman–Crippen LogP) is 0.586. The van der Waals surface area contributed by atoms with Crippen LogP contribution in [0.1, 0.15) is 24.8 Å². The molecule has 3 N–H and O–H groups in total. The first-order chi connectivity index (χ1) is 13.0. The van der Waals surface area contributed by atoms with Gasteiger partial charge in [0.1, 0.15) is 11.4 Å². The number of nitrogens with one attached hydrogen (secondary N) is 1. The van der Waals surface area contributed by atoms with Crippen LogP contribution in [0.3, 0.4) is 0 Å². The van der Waals surface area contributed by atoms with Crippen LogP contribution in [-0.4, -0.2) is 53.2 Å². The fourth-order valence-corrected chi connectivity index (χ4v) is 5.56. The Balaban J connectivity index is 1.83. The highest BCUT2D eigenvalue weighted by Crippen LogP contribution is 2.58. The minimum absolute atomic E-state index is 0.0286. The van der Waals surface area contributed by atoms with E-state index < -0.39 is 17.1 Å². The monoisotopic (exact) mass is 366 g/mol. The Morgan fingerprint density at radius 1 is 1.30 bits per heavy atom. The highest BCUT2D eigenvalue weighted by molar-refractivity contribution is 6.08. The Labute approximate surface area is 157 Å². The number of benzene rings is 1. The van der Waals surface area contributed by atoms with Crippen LogP contribution in [0, 0.1) is 0 Å². The zero-order chi connectivity index (χ0) is 18.8. The first-order valence-electron chi connectivity index (χ1n) is 9.43. The van der Waals surface area contributed by atoms with E-state index in [2.05, 4.69) is 5.32 Å². The number of para-hydroxylation sites is 1. The van der Waals surface area contributed by atoms with Crippen molar-refractivity contribution in [3.8, 4) is 0 Å². The van der Waals surface area contributed by atoms with Crippen molar-refractivity contribution in [1.29, 1.82) is 0 Å². The summed E-state index contributed by atoms with van der Waals surface area (Å²) in [5.74, 6) is -0.0839. The number of amides is 1. The summed E-state index contributed by atoms with van der Waals surface area (Å²) >= 11 is 0. The molecule has 27 heavy (non-hydrogen) atoms. The molecular formula is C21H22N2O4. The van der Waals surface area contributed by atoms with Crippen LogP contribution in [0.4, 0.5) is 5.69 Å². The summed E-state index contributed by atoms with van der Waals surface area (Å²) < 4.78 is 0. The zero-order valence-electron chi connectivity index (χ0n) is 14.9. The number of carbonyl (C=O) groups excluding carboxylic acids is 2. The highest BCUT2D eigenvalue weighted by Gasteiger charge is 2.66. The Bertz CT molecular complexity index is 921. The lowest BCUT2D eigenvalue weighted by Gasteiger charge is -2.50. The van der Waals surface area contributed by atoms with Crippen molar-refractivity contribution in [2.45, 2.75) is 36.3 Å². The normalized spacial score (nSPS) is 36.1. The van der Waals surface area contributed by atoms with E-state index in [1.54, 1.807) is 11.0 Å². The number of aliphatic hydroxyl groups excluding tert-OH is 1. The van der Waals surface area contributed by atoms with Gasteiger partial charge in [0.25, 0.3) is 0 Å². The van der Waals surface area contributed by atoms with Crippen LogP contribution in [0.15, 0.2) is 47.6 Å². The summed E-state index contributed by atoms with van der Waals surface area (Å²) in [5.41, 5.74) is 0.703. The molecular weight excluding hydrogens is 344 g/mol. The largest absolute Gasteiger partial charge is 0.392 e. The van der Waals surface area contributed by atoms with Gasteiger partial charge in [-0.05, 0) is 35.7 Å². The Kier molecular flexibility index (Phi) is 3.50. The van der Waals surface area contributed by atoms with Gasteiger partial charge in [0.05, 0.1) is 18.1 Å². The maximum absolute atomic E-state index is 13.6. The number of rotatable bonds is 1. The van der Waals surface area contributed by atoms with Gasteiger partial charge in [0, 0.05) is 25.1 Å². The van der Waals surface area contributed by atoms with Gasteiger partial charge in [0.2, 0.25) is 5.91 Å². The summed E-state index contributed by atoms with van der Waals surface area (Å²) in [6.45, 7) is 0.782. The van der Waals surface area contributed by atoms with Crippen molar-refractivity contribution in [3.63, 3.8) is 0 Å². The molecule has 140 valence electrons. The lowest BCUT2D eigenvalue weighted by Crippen LogP contribution is -2.63. The second-order valence-corrected chi connectivity index (χ2v) is 7.82. The molecule has 6 heteroatoms. The summed E-state index contributed by atoms with van der Waals surface area (Å²) in [5, 5.41) is 24.5. The average molecular weight is 366 g/mol. The van der Waals surface area contributed by atoms with Crippen LogP contribution in [0.2, 0.25) is 0 Å². The van der Waals surface area contributed by atoms with E-state index in [-0.39, 0.29) is 31.1 Å². The number of nitrogens with zero attached hydrogens (tertiary/aromatic N) is 1. The molecule has 1 aromatic carbocycles. The molecule has 1 saturated carbocycles. The smallest absolute Gasteiger partial charge is 0.231 e. The molecule has 1 aliphatic carbocycles. The van der Waals surface area contributed by atoms with E-state index in [4.69, 9.17) is 0 Å². The average Bonchev–Trinajstić information content (AvgIpc) is 2.99. The number of ketones is 1. The van der Waals surface area contributed by atoms with Gasteiger partial charge in [-0.25, -0.2) is 0 Å². The molecule has 1 aromatic rings. The maximum Gasteiger partial charge on any atom is 0.231 e. The van der Waals surface area contributed by atoms with Gasteiger partial charge in [-0.15, -0.1) is 0 Å². The maximum atomic E-state index is 13.6. The van der Waals surface area contributed by atoms with E-state index in [0.717, 1.165) is 16.8 Å². The predicted molar refractivity (Wildman–Crippen MR) is 99.3 cm³/mol. The van der Waals surface area contributed by atoms with Crippen LogP contribution in [0.5, 0.6) is 0 Å². The van der Waals surface area contributed by atoms with Crippen LogP contribution in [-0.2, 0) is 15.0 Å². The molecule has 2 bridgehead atoms.